The molecule has 1 aliphatic heterocycles. The minimum absolute atomic E-state index is 0.125. The maximum atomic E-state index is 12.4. The van der Waals surface area contributed by atoms with Gasteiger partial charge in [0, 0.05) is 32.3 Å². The number of carbonyl (C=O) groups is 3. The van der Waals surface area contributed by atoms with Gasteiger partial charge >= 0.3 is 6.03 Å². The Morgan fingerprint density at radius 2 is 2.00 bits per heavy atom. The lowest BCUT2D eigenvalue weighted by atomic mass is 10.1. The first-order valence-corrected chi connectivity index (χ1v) is 8.48. The molecule has 0 unspecified atom stereocenters. The monoisotopic (exact) mass is 355 g/mol. The molecular weight excluding hydrogens is 334 g/mol. The largest absolute Gasteiger partial charge is 0.326 e. The Morgan fingerprint density at radius 3 is 2.69 bits per heavy atom. The van der Waals surface area contributed by atoms with Crippen LogP contribution < -0.4 is 10.6 Å². The Kier molecular flexibility index (Phi) is 5.31. The van der Waals surface area contributed by atoms with Crippen LogP contribution in [0.15, 0.2) is 42.6 Å². The van der Waals surface area contributed by atoms with Gasteiger partial charge in [-0.3, -0.25) is 19.2 Å². The molecule has 1 saturated heterocycles. The molecule has 0 saturated carbocycles. The van der Waals surface area contributed by atoms with Crippen molar-refractivity contribution in [1.82, 2.24) is 20.0 Å². The van der Waals surface area contributed by atoms with E-state index in [0.29, 0.717) is 18.8 Å². The number of nitrogens with one attached hydrogen (secondary N) is 2. The lowest BCUT2D eigenvalue weighted by Crippen LogP contribution is -2.33. The number of anilines is 1. The van der Waals surface area contributed by atoms with Gasteiger partial charge in [-0.2, -0.15) is 5.10 Å². The second-order valence-corrected chi connectivity index (χ2v) is 6.19. The van der Waals surface area contributed by atoms with Crippen molar-refractivity contribution >= 4 is 23.7 Å². The Bertz CT molecular complexity index is 802. The molecule has 1 aromatic carbocycles. The topological polar surface area (TPSA) is 96.3 Å². The molecule has 0 spiro atoms. The summed E-state index contributed by atoms with van der Waals surface area (Å²) < 4.78 is 1.58. The van der Waals surface area contributed by atoms with Crippen LogP contribution in [0.4, 0.5) is 10.6 Å². The molecule has 3 rings (SSSR count). The molecule has 136 valence electrons. The number of carbonyl (C=O) groups excluding carboxylic acids is 3. The predicted molar refractivity (Wildman–Crippen MR) is 95.3 cm³/mol. The van der Waals surface area contributed by atoms with Crippen molar-refractivity contribution in [2.75, 3.05) is 11.9 Å². The van der Waals surface area contributed by atoms with Crippen molar-refractivity contribution in [3.63, 3.8) is 0 Å². The number of hydrogen-bond donors (Lipinski definition) is 2. The summed E-state index contributed by atoms with van der Waals surface area (Å²) in [5.41, 5.74) is 1.06. The average Bonchev–Trinajstić information content (AvgIpc) is 3.15. The number of amides is 4. The van der Waals surface area contributed by atoms with Gasteiger partial charge in [0.1, 0.15) is 6.04 Å². The van der Waals surface area contributed by atoms with Crippen molar-refractivity contribution in [1.29, 1.82) is 0 Å². The summed E-state index contributed by atoms with van der Waals surface area (Å²) >= 11 is 0. The Hall–Kier alpha value is -3.16. The highest BCUT2D eigenvalue weighted by molar-refractivity contribution is 6.04. The van der Waals surface area contributed by atoms with Crippen molar-refractivity contribution in [2.24, 2.45) is 7.05 Å². The summed E-state index contributed by atoms with van der Waals surface area (Å²) in [5.74, 6) is -0.0613. The third-order valence-electron chi connectivity index (χ3n) is 4.22. The summed E-state index contributed by atoms with van der Waals surface area (Å²) in [6.07, 6.45) is 2.71. The highest BCUT2D eigenvalue weighted by Gasteiger charge is 2.37. The quantitative estimate of drug-likeness (QED) is 0.732. The van der Waals surface area contributed by atoms with Crippen LogP contribution in [0.5, 0.6) is 0 Å². The maximum Gasteiger partial charge on any atom is 0.324 e. The van der Waals surface area contributed by atoms with Crippen LogP contribution in [-0.4, -0.2) is 45.1 Å². The molecule has 0 radical (unpaired) electrons. The zero-order valence-corrected chi connectivity index (χ0v) is 14.5. The smallest absolute Gasteiger partial charge is 0.324 e. The molecular formula is C18H21N5O3. The van der Waals surface area contributed by atoms with Gasteiger partial charge in [0.15, 0.2) is 5.82 Å². The normalized spacial score (nSPS) is 16.7. The number of aromatic nitrogens is 2. The van der Waals surface area contributed by atoms with E-state index in [1.165, 1.54) is 4.90 Å². The summed E-state index contributed by atoms with van der Waals surface area (Å²) in [6.45, 7) is 0.325. The van der Waals surface area contributed by atoms with Crippen LogP contribution in [0.25, 0.3) is 0 Å². The van der Waals surface area contributed by atoms with Gasteiger partial charge in [0.25, 0.3) is 5.91 Å². The fourth-order valence-corrected chi connectivity index (χ4v) is 2.83. The minimum atomic E-state index is -0.659. The van der Waals surface area contributed by atoms with Crippen molar-refractivity contribution in [3.05, 3.63) is 48.2 Å². The second kappa shape index (κ2) is 7.81. The highest BCUT2D eigenvalue weighted by Crippen LogP contribution is 2.13. The molecule has 1 aliphatic rings. The third kappa shape index (κ3) is 4.27. The van der Waals surface area contributed by atoms with Crippen LogP contribution in [0.3, 0.4) is 0 Å². The Labute approximate surface area is 151 Å². The molecule has 1 aromatic heterocycles. The lowest BCUT2D eigenvalue weighted by Gasteiger charge is -2.13. The first kappa shape index (κ1) is 17.7. The second-order valence-electron chi connectivity index (χ2n) is 6.19. The molecule has 26 heavy (non-hydrogen) atoms. The number of urea groups is 1. The van der Waals surface area contributed by atoms with Gasteiger partial charge in [-0.25, -0.2) is 4.79 Å². The van der Waals surface area contributed by atoms with Crippen molar-refractivity contribution in [2.45, 2.75) is 25.3 Å². The summed E-state index contributed by atoms with van der Waals surface area (Å²) in [4.78, 5) is 37.6. The first-order valence-electron chi connectivity index (χ1n) is 8.48. The van der Waals surface area contributed by atoms with E-state index in [4.69, 9.17) is 0 Å². The van der Waals surface area contributed by atoms with Gasteiger partial charge in [0.2, 0.25) is 5.91 Å². The third-order valence-corrected chi connectivity index (χ3v) is 4.22. The molecule has 4 amide bonds. The fourth-order valence-electron chi connectivity index (χ4n) is 2.83. The van der Waals surface area contributed by atoms with E-state index in [1.807, 2.05) is 30.3 Å². The minimum Gasteiger partial charge on any atom is -0.326 e. The van der Waals surface area contributed by atoms with Crippen LogP contribution in [-0.2, 0) is 23.1 Å². The molecule has 1 fully saturated rings. The summed E-state index contributed by atoms with van der Waals surface area (Å²) in [6, 6.07) is 10.3. The number of aryl methyl sites for hydroxylation is 1. The molecule has 1 atom stereocenters. The number of hydrogen-bond acceptors (Lipinski definition) is 4. The SMILES string of the molecule is Cn1ccc(NC(=O)CC[C@@H]2NC(=O)N(CCc3ccccc3)C2=O)n1. The van der Waals surface area contributed by atoms with Gasteiger partial charge < -0.3 is 10.6 Å². The van der Waals surface area contributed by atoms with Crippen LogP contribution in [0.2, 0.25) is 0 Å². The predicted octanol–water partition coefficient (Wildman–Crippen LogP) is 1.30. The van der Waals surface area contributed by atoms with Gasteiger partial charge in [0.05, 0.1) is 0 Å². The summed E-state index contributed by atoms with van der Waals surface area (Å²) in [7, 11) is 1.76. The number of nitrogens with zero attached hydrogens (tertiary/aromatic N) is 3. The van der Waals surface area contributed by atoms with Crippen molar-refractivity contribution < 1.29 is 14.4 Å². The fraction of sp³-hybridized carbons (Fsp3) is 0.333. The lowest BCUT2D eigenvalue weighted by molar-refractivity contribution is -0.127. The molecule has 0 bridgehead atoms. The first-order chi connectivity index (χ1) is 12.5. The zero-order valence-electron chi connectivity index (χ0n) is 14.5. The van der Waals surface area contributed by atoms with Crippen LogP contribution >= 0.6 is 0 Å². The maximum absolute atomic E-state index is 12.4. The molecule has 2 aromatic rings. The van der Waals surface area contributed by atoms with Crippen LogP contribution in [0, 0.1) is 0 Å². The Balaban J connectivity index is 1.48. The van der Waals surface area contributed by atoms with E-state index in [2.05, 4.69) is 15.7 Å². The molecule has 8 nitrogen and oxygen atoms in total. The molecule has 8 heteroatoms. The van der Waals surface area contributed by atoms with E-state index in [9.17, 15) is 14.4 Å². The standard InChI is InChI=1S/C18H21N5O3/c1-22-11-10-15(21-22)20-16(24)8-7-14-17(25)23(18(26)19-14)12-9-13-5-3-2-4-6-13/h2-6,10-11,14H,7-9,12H2,1H3,(H,19,26)(H,20,21,24)/t14-/m0/s1. The van der Waals surface area contributed by atoms with Gasteiger partial charge in [-0.15, -0.1) is 0 Å². The van der Waals surface area contributed by atoms with E-state index < -0.39 is 12.1 Å². The van der Waals surface area contributed by atoms with E-state index >= 15 is 0 Å². The molecule has 2 N–H and O–H groups in total. The van der Waals surface area contributed by atoms with E-state index in [0.717, 1.165) is 5.56 Å². The highest BCUT2D eigenvalue weighted by atomic mass is 16.2. The zero-order chi connectivity index (χ0) is 18.5. The average molecular weight is 355 g/mol. The summed E-state index contributed by atoms with van der Waals surface area (Å²) in [5, 5.41) is 9.38. The van der Waals surface area contributed by atoms with Crippen LogP contribution in [0.1, 0.15) is 18.4 Å². The molecule has 0 aliphatic carbocycles. The van der Waals surface area contributed by atoms with Gasteiger partial charge in [-0.1, -0.05) is 30.3 Å². The van der Waals surface area contributed by atoms with Crippen molar-refractivity contribution in [3.8, 4) is 0 Å². The number of rotatable bonds is 7. The number of imide groups is 1. The van der Waals surface area contributed by atoms with E-state index in [1.54, 1.807) is 24.0 Å². The molecule has 2 heterocycles. The Morgan fingerprint density at radius 1 is 1.23 bits per heavy atom. The number of benzene rings is 1. The van der Waals surface area contributed by atoms with E-state index in [-0.39, 0.29) is 24.7 Å². The van der Waals surface area contributed by atoms with Gasteiger partial charge in [-0.05, 0) is 18.4 Å².